The van der Waals surface area contributed by atoms with E-state index in [0.29, 0.717) is 10.7 Å². The lowest BCUT2D eigenvalue weighted by molar-refractivity contribution is -0.117. The van der Waals surface area contributed by atoms with Crippen LogP contribution < -0.4 is 10.2 Å². The minimum absolute atomic E-state index is 0.121. The molecular weight excluding hydrogens is 480 g/mol. The Bertz CT molecular complexity index is 1320. The SMILES string of the molecule is N#C/C(C(=O)Nc1ccc(F)cc1)=C1/S[C@H](Cc2ccccc2Cl)C(=O)N1c1ccc(F)cc1. The maximum absolute atomic E-state index is 13.5. The van der Waals surface area contributed by atoms with Crippen LogP contribution in [-0.2, 0) is 16.0 Å². The Morgan fingerprint density at radius 3 is 2.26 bits per heavy atom. The number of nitriles is 1. The Labute approximate surface area is 203 Å². The van der Waals surface area contributed by atoms with Crippen LogP contribution in [0.25, 0.3) is 0 Å². The normalized spacial score (nSPS) is 16.8. The van der Waals surface area contributed by atoms with Crippen molar-refractivity contribution in [2.24, 2.45) is 0 Å². The number of anilines is 2. The number of hydrogen-bond donors (Lipinski definition) is 1. The Balaban J connectivity index is 1.73. The van der Waals surface area contributed by atoms with E-state index in [4.69, 9.17) is 11.6 Å². The number of thioether (sulfide) groups is 1. The van der Waals surface area contributed by atoms with Crippen molar-refractivity contribution in [2.75, 3.05) is 10.2 Å². The second-order valence-electron chi connectivity index (χ2n) is 7.31. The van der Waals surface area contributed by atoms with Gasteiger partial charge >= 0.3 is 0 Å². The van der Waals surface area contributed by atoms with Crippen LogP contribution in [0.2, 0.25) is 5.02 Å². The highest BCUT2D eigenvalue weighted by atomic mass is 35.5. The molecule has 1 saturated heterocycles. The lowest BCUT2D eigenvalue weighted by Crippen LogP contribution is -2.31. The maximum atomic E-state index is 13.5. The van der Waals surface area contributed by atoms with Crippen LogP contribution in [0, 0.1) is 23.0 Å². The molecule has 0 saturated carbocycles. The van der Waals surface area contributed by atoms with Crippen molar-refractivity contribution in [3.8, 4) is 6.07 Å². The molecule has 1 aliphatic rings. The summed E-state index contributed by atoms with van der Waals surface area (Å²) in [5.74, 6) is -2.08. The smallest absolute Gasteiger partial charge is 0.269 e. The number of amides is 2. The number of carbonyl (C=O) groups is 2. The fourth-order valence-electron chi connectivity index (χ4n) is 3.40. The molecule has 1 fully saturated rings. The molecule has 0 aliphatic carbocycles. The second kappa shape index (κ2) is 10.1. The van der Waals surface area contributed by atoms with Gasteiger partial charge in [0.25, 0.3) is 5.91 Å². The molecule has 1 N–H and O–H groups in total. The lowest BCUT2D eigenvalue weighted by atomic mass is 10.1. The highest BCUT2D eigenvalue weighted by Crippen LogP contribution is 2.42. The predicted molar refractivity (Wildman–Crippen MR) is 128 cm³/mol. The Morgan fingerprint density at radius 2 is 1.65 bits per heavy atom. The number of nitrogens with zero attached hydrogens (tertiary/aromatic N) is 2. The molecule has 0 aromatic heterocycles. The zero-order chi connectivity index (χ0) is 24.2. The molecule has 9 heteroatoms. The van der Waals surface area contributed by atoms with Crippen LogP contribution in [0.1, 0.15) is 5.56 Å². The molecule has 0 spiro atoms. The molecule has 1 aliphatic heterocycles. The number of rotatable bonds is 5. The van der Waals surface area contributed by atoms with E-state index in [2.05, 4.69) is 5.32 Å². The first-order valence-electron chi connectivity index (χ1n) is 10.1. The molecule has 1 atom stereocenters. The van der Waals surface area contributed by atoms with Crippen molar-refractivity contribution >= 4 is 46.6 Å². The molecule has 1 heterocycles. The van der Waals surface area contributed by atoms with Gasteiger partial charge in [-0.1, -0.05) is 41.6 Å². The van der Waals surface area contributed by atoms with E-state index in [1.807, 2.05) is 6.07 Å². The summed E-state index contributed by atoms with van der Waals surface area (Å²) in [4.78, 5) is 27.6. The fourth-order valence-corrected chi connectivity index (χ4v) is 4.91. The van der Waals surface area contributed by atoms with Crippen LogP contribution in [-0.4, -0.2) is 17.1 Å². The van der Waals surface area contributed by atoms with Crippen molar-refractivity contribution < 1.29 is 18.4 Å². The van der Waals surface area contributed by atoms with Crippen LogP contribution in [0.5, 0.6) is 0 Å². The van der Waals surface area contributed by atoms with Crippen LogP contribution in [0.4, 0.5) is 20.2 Å². The van der Waals surface area contributed by atoms with Gasteiger partial charge in [-0.15, -0.1) is 0 Å². The molecule has 0 bridgehead atoms. The van der Waals surface area contributed by atoms with E-state index in [1.165, 1.54) is 53.4 Å². The summed E-state index contributed by atoms with van der Waals surface area (Å²) >= 11 is 7.33. The molecule has 0 radical (unpaired) electrons. The topological polar surface area (TPSA) is 73.2 Å². The molecule has 5 nitrogen and oxygen atoms in total. The van der Waals surface area contributed by atoms with E-state index in [0.717, 1.165) is 17.3 Å². The highest BCUT2D eigenvalue weighted by molar-refractivity contribution is 8.05. The highest BCUT2D eigenvalue weighted by Gasteiger charge is 2.41. The third kappa shape index (κ3) is 4.96. The summed E-state index contributed by atoms with van der Waals surface area (Å²) in [5.41, 5.74) is 1.05. The molecule has 170 valence electrons. The number of benzene rings is 3. The van der Waals surface area contributed by atoms with E-state index in [-0.39, 0.29) is 28.6 Å². The zero-order valence-electron chi connectivity index (χ0n) is 17.5. The number of nitrogens with one attached hydrogen (secondary N) is 1. The van der Waals surface area contributed by atoms with Crippen molar-refractivity contribution in [3.63, 3.8) is 0 Å². The van der Waals surface area contributed by atoms with Gasteiger partial charge in [-0.25, -0.2) is 8.78 Å². The number of carbonyl (C=O) groups excluding carboxylic acids is 2. The van der Waals surface area contributed by atoms with Crippen LogP contribution in [0.15, 0.2) is 83.4 Å². The Morgan fingerprint density at radius 1 is 1.03 bits per heavy atom. The van der Waals surface area contributed by atoms with Gasteiger partial charge in [-0.05, 0) is 66.6 Å². The van der Waals surface area contributed by atoms with Gasteiger partial charge < -0.3 is 5.32 Å². The minimum atomic E-state index is -0.755. The standard InChI is InChI=1S/C25H16ClF2N3O2S/c26-21-4-2-1-3-15(21)13-22-24(33)31(19-11-7-17(28)8-12-19)25(34-22)20(14-29)23(32)30-18-9-5-16(27)6-10-18/h1-12,22H,13H2,(H,30,32)/b25-20-/t22-/m1/s1. The number of halogens is 3. The Hall–Kier alpha value is -3.67. The molecule has 3 aromatic carbocycles. The summed E-state index contributed by atoms with van der Waals surface area (Å²) in [6, 6.07) is 19.2. The molecule has 3 aromatic rings. The van der Waals surface area contributed by atoms with E-state index in [1.54, 1.807) is 24.3 Å². The first-order valence-corrected chi connectivity index (χ1v) is 11.3. The van der Waals surface area contributed by atoms with Gasteiger partial charge in [-0.3, -0.25) is 14.5 Å². The average Bonchev–Trinajstić information content (AvgIpc) is 3.13. The third-order valence-electron chi connectivity index (χ3n) is 5.06. The predicted octanol–water partition coefficient (Wildman–Crippen LogP) is 5.68. The van der Waals surface area contributed by atoms with Gasteiger partial charge in [0.2, 0.25) is 5.91 Å². The van der Waals surface area contributed by atoms with Gasteiger partial charge in [0, 0.05) is 16.4 Å². The number of hydrogen-bond acceptors (Lipinski definition) is 4. The quantitative estimate of drug-likeness (QED) is 0.365. The molecule has 4 rings (SSSR count). The fraction of sp³-hybridized carbons (Fsp3) is 0.0800. The summed E-state index contributed by atoms with van der Waals surface area (Å²) < 4.78 is 26.7. The van der Waals surface area contributed by atoms with Gasteiger partial charge in [0.05, 0.1) is 5.25 Å². The average molecular weight is 496 g/mol. The van der Waals surface area contributed by atoms with Gasteiger partial charge in [-0.2, -0.15) is 5.26 Å². The van der Waals surface area contributed by atoms with E-state index < -0.39 is 22.8 Å². The maximum Gasteiger partial charge on any atom is 0.269 e. The lowest BCUT2D eigenvalue weighted by Gasteiger charge is -2.18. The summed E-state index contributed by atoms with van der Waals surface area (Å²) in [7, 11) is 0. The summed E-state index contributed by atoms with van der Waals surface area (Å²) in [6.07, 6.45) is 0.267. The Kier molecular flexibility index (Phi) is 6.96. The van der Waals surface area contributed by atoms with Crippen molar-refractivity contribution in [1.82, 2.24) is 0 Å². The molecule has 34 heavy (non-hydrogen) atoms. The first-order chi connectivity index (χ1) is 16.4. The van der Waals surface area contributed by atoms with E-state index in [9.17, 15) is 23.6 Å². The largest absolute Gasteiger partial charge is 0.321 e. The molecule has 2 amide bonds. The first kappa shape index (κ1) is 23.5. The van der Waals surface area contributed by atoms with Crippen LogP contribution >= 0.6 is 23.4 Å². The van der Waals surface area contributed by atoms with Gasteiger partial charge in [0.15, 0.2) is 0 Å². The van der Waals surface area contributed by atoms with Crippen molar-refractivity contribution in [2.45, 2.75) is 11.7 Å². The van der Waals surface area contributed by atoms with Crippen molar-refractivity contribution in [3.05, 3.63) is 106 Å². The van der Waals surface area contributed by atoms with Crippen molar-refractivity contribution in [1.29, 1.82) is 5.26 Å². The summed E-state index contributed by atoms with van der Waals surface area (Å²) in [6.45, 7) is 0. The third-order valence-corrected chi connectivity index (χ3v) is 6.69. The summed E-state index contributed by atoms with van der Waals surface area (Å²) in [5, 5.41) is 12.3. The molecular formula is C25H16ClF2N3O2S. The minimum Gasteiger partial charge on any atom is -0.321 e. The molecule has 0 unspecified atom stereocenters. The van der Waals surface area contributed by atoms with Gasteiger partial charge in [0.1, 0.15) is 28.3 Å². The van der Waals surface area contributed by atoms with Crippen LogP contribution in [0.3, 0.4) is 0 Å². The second-order valence-corrected chi connectivity index (χ2v) is 8.90. The van der Waals surface area contributed by atoms with E-state index >= 15 is 0 Å². The monoisotopic (exact) mass is 495 g/mol. The zero-order valence-corrected chi connectivity index (χ0v) is 19.0.